The normalized spacial score (nSPS) is 14.0. The molecule has 1 fully saturated rings. The van der Waals surface area contributed by atoms with Crippen LogP contribution in [0.5, 0.6) is 0 Å². The van der Waals surface area contributed by atoms with Gasteiger partial charge in [0.05, 0.1) is 30.4 Å². The highest BCUT2D eigenvalue weighted by atomic mass is 35.5. The van der Waals surface area contributed by atoms with Crippen LogP contribution in [0, 0.1) is 13.8 Å². The van der Waals surface area contributed by atoms with Gasteiger partial charge in [-0.05, 0) is 38.1 Å². The lowest BCUT2D eigenvalue weighted by Gasteiger charge is -2.26. The van der Waals surface area contributed by atoms with Crippen LogP contribution in [0.4, 0.5) is 0 Å². The van der Waals surface area contributed by atoms with Gasteiger partial charge in [0.15, 0.2) is 10.3 Å². The Labute approximate surface area is 200 Å². The summed E-state index contributed by atoms with van der Waals surface area (Å²) in [7, 11) is 0. The molecule has 1 saturated heterocycles. The zero-order valence-electron chi connectivity index (χ0n) is 17.8. The fourth-order valence-electron chi connectivity index (χ4n) is 3.28. The van der Waals surface area contributed by atoms with Gasteiger partial charge < -0.3 is 9.64 Å². The van der Waals surface area contributed by atoms with Crippen LogP contribution in [0.15, 0.2) is 40.6 Å². The standard InChI is InChI=1S/C21H23ClN6O2S2/c1-14-10-15(2)24-20(23-14)31-12-18-25-26-21(28(18)17-5-3-4-16(22)11-17)32-13-19(29)27-6-8-30-9-7-27/h3-5,10-11H,6-9,12-13H2,1-2H3. The Hall–Kier alpha value is -2.14. The summed E-state index contributed by atoms with van der Waals surface area (Å²) < 4.78 is 7.27. The van der Waals surface area contributed by atoms with Gasteiger partial charge in [-0.2, -0.15) is 0 Å². The molecule has 0 radical (unpaired) electrons. The molecule has 1 aliphatic rings. The van der Waals surface area contributed by atoms with E-state index < -0.39 is 0 Å². The molecule has 11 heteroatoms. The van der Waals surface area contributed by atoms with Gasteiger partial charge in [-0.25, -0.2) is 9.97 Å². The molecule has 0 atom stereocenters. The second-order valence-electron chi connectivity index (χ2n) is 7.22. The lowest BCUT2D eigenvalue weighted by atomic mass is 10.3. The summed E-state index contributed by atoms with van der Waals surface area (Å²) in [6.07, 6.45) is 0. The Morgan fingerprint density at radius 1 is 1.09 bits per heavy atom. The average molecular weight is 491 g/mol. The molecule has 0 aliphatic carbocycles. The van der Waals surface area contributed by atoms with Gasteiger partial charge in [-0.1, -0.05) is 41.2 Å². The lowest BCUT2D eigenvalue weighted by molar-refractivity contribution is -0.132. The molecule has 1 aliphatic heterocycles. The number of aryl methyl sites for hydroxylation is 2. The van der Waals surface area contributed by atoms with Crippen molar-refractivity contribution in [1.82, 2.24) is 29.6 Å². The molecular formula is C21H23ClN6O2S2. The SMILES string of the molecule is Cc1cc(C)nc(SCc2nnc(SCC(=O)N3CCOCC3)n2-c2cccc(Cl)c2)n1. The Kier molecular flexibility index (Phi) is 7.67. The molecule has 0 N–H and O–H groups in total. The number of benzene rings is 1. The minimum absolute atomic E-state index is 0.0681. The molecule has 0 saturated carbocycles. The van der Waals surface area contributed by atoms with Crippen molar-refractivity contribution in [2.45, 2.75) is 29.9 Å². The van der Waals surface area contributed by atoms with Crippen LogP contribution in [0.25, 0.3) is 5.69 Å². The molecule has 1 aromatic carbocycles. The smallest absolute Gasteiger partial charge is 0.233 e. The second kappa shape index (κ2) is 10.7. The molecule has 4 rings (SSSR count). The lowest BCUT2D eigenvalue weighted by Crippen LogP contribution is -2.41. The van der Waals surface area contributed by atoms with Crippen LogP contribution in [-0.4, -0.2) is 67.6 Å². The van der Waals surface area contributed by atoms with Gasteiger partial charge in [0.1, 0.15) is 5.82 Å². The zero-order chi connectivity index (χ0) is 22.5. The Balaban J connectivity index is 1.55. The summed E-state index contributed by atoms with van der Waals surface area (Å²) in [5, 5.41) is 10.7. The molecule has 8 nitrogen and oxygen atoms in total. The molecule has 2 aromatic heterocycles. The monoisotopic (exact) mass is 490 g/mol. The third kappa shape index (κ3) is 5.80. The third-order valence-corrected chi connectivity index (χ3v) is 6.74. The predicted octanol–water partition coefficient (Wildman–Crippen LogP) is 3.57. The first-order chi connectivity index (χ1) is 15.5. The number of ether oxygens (including phenoxy) is 1. The number of rotatable bonds is 7. The van der Waals surface area contributed by atoms with Crippen molar-refractivity contribution < 1.29 is 9.53 Å². The molecular weight excluding hydrogens is 468 g/mol. The molecule has 0 spiro atoms. The van der Waals surface area contributed by atoms with Gasteiger partial charge in [0.25, 0.3) is 0 Å². The number of aromatic nitrogens is 5. The van der Waals surface area contributed by atoms with Gasteiger partial charge >= 0.3 is 0 Å². The summed E-state index contributed by atoms with van der Waals surface area (Å²) in [4.78, 5) is 23.4. The van der Waals surface area contributed by atoms with E-state index in [9.17, 15) is 4.79 Å². The van der Waals surface area contributed by atoms with Crippen molar-refractivity contribution >= 4 is 41.0 Å². The van der Waals surface area contributed by atoms with Crippen molar-refractivity contribution in [3.05, 3.63) is 52.6 Å². The van der Waals surface area contributed by atoms with Gasteiger partial charge in [-0.15, -0.1) is 10.2 Å². The fraction of sp³-hybridized carbons (Fsp3) is 0.381. The van der Waals surface area contributed by atoms with Crippen LogP contribution in [0.1, 0.15) is 17.2 Å². The maximum absolute atomic E-state index is 12.6. The molecule has 0 unspecified atom stereocenters. The van der Waals surface area contributed by atoms with E-state index in [2.05, 4.69) is 20.2 Å². The Bertz CT molecular complexity index is 1080. The van der Waals surface area contributed by atoms with Crippen LogP contribution < -0.4 is 0 Å². The van der Waals surface area contributed by atoms with Gasteiger partial charge in [0, 0.05) is 29.5 Å². The zero-order valence-corrected chi connectivity index (χ0v) is 20.2. The fourth-order valence-corrected chi connectivity index (χ4v) is 5.20. The van der Waals surface area contributed by atoms with Crippen molar-refractivity contribution in [3.63, 3.8) is 0 Å². The van der Waals surface area contributed by atoms with E-state index in [-0.39, 0.29) is 11.7 Å². The molecule has 3 aromatic rings. The van der Waals surface area contributed by atoms with Crippen LogP contribution >= 0.6 is 35.1 Å². The van der Waals surface area contributed by atoms with Gasteiger partial charge in [-0.3, -0.25) is 9.36 Å². The first-order valence-corrected chi connectivity index (χ1v) is 12.5. The third-order valence-electron chi connectivity index (χ3n) is 4.75. The number of nitrogens with zero attached hydrogens (tertiary/aromatic N) is 6. The number of halogens is 1. The second-order valence-corrected chi connectivity index (χ2v) is 9.54. The van der Waals surface area contributed by atoms with E-state index in [4.69, 9.17) is 16.3 Å². The summed E-state index contributed by atoms with van der Waals surface area (Å²) in [5.41, 5.74) is 2.70. The first-order valence-electron chi connectivity index (χ1n) is 10.1. The van der Waals surface area contributed by atoms with E-state index in [1.54, 1.807) is 0 Å². The van der Waals surface area contributed by atoms with Crippen molar-refractivity contribution in [2.75, 3.05) is 32.1 Å². The van der Waals surface area contributed by atoms with E-state index in [1.807, 2.05) is 53.6 Å². The van der Waals surface area contributed by atoms with E-state index in [0.717, 1.165) is 22.9 Å². The number of morpholine rings is 1. The van der Waals surface area contributed by atoms with Crippen LogP contribution in [0.3, 0.4) is 0 Å². The highest BCUT2D eigenvalue weighted by molar-refractivity contribution is 7.99. The Morgan fingerprint density at radius 2 is 1.84 bits per heavy atom. The average Bonchev–Trinajstić information content (AvgIpc) is 3.19. The quantitative estimate of drug-likeness (QED) is 0.367. The first kappa shape index (κ1) is 23.0. The highest BCUT2D eigenvalue weighted by Crippen LogP contribution is 2.27. The van der Waals surface area contributed by atoms with E-state index >= 15 is 0 Å². The molecule has 3 heterocycles. The van der Waals surface area contributed by atoms with Crippen LogP contribution in [0.2, 0.25) is 5.02 Å². The predicted molar refractivity (Wildman–Crippen MR) is 126 cm³/mol. The minimum atomic E-state index is 0.0681. The molecule has 1 amide bonds. The van der Waals surface area contributed by atoms with E-state index in [1.165, 1.54) is 23.5 Å². The largest absolute Gasteiger partial charge is 0.378 e. The van der Waals surface area contributed by atoms with Crippen molar-refractivity contribution in [2.24, 2.45) is 0 Å². The molecule has 32 heavy (non-hydrogen) atoms. The Morgan fingerprint density at radius 3 is 2.56 bits per heavy atom. The number of carbonyl (C=O) groups is 1. The van der Waals surface area contributed by atoms with Gasteiger partial charge in [0.2, 0.25) is 5.91 Å². The topological polar surface area (TPSA) is 86.0 Å². The number of hydrogen-bond donors (Lipinski definition) is 0. The summed E-state index contributed by atoms with van der Waals surface area (Å²) in [5.74, 6) is 1.62. The molecule has 168 valence electrons. The summed E-state index contributed by atoms with van der Waals surface area (Å²) >= 11 is 9.11. The van der Waals surface area contributed by atoms with Crippen LogP contribution in [-0.2, 0) is 15.3 Å². The molecule has 0 bridgehead atoms. The number of thioether (sulfide) groups is 2. The minimum Gasteiger partial charge on any atom is -0.378 e. The summed E-state index contributed by atoms with van der Waals surface area (Å²) in [6.45, 7) is 6.31. The maximum atomic E-state index is 12.6. The summed E-state index contributed by atoms with van der Waals surface area (Å²) in [6, 6.07) is 9.46. The highest BCUT2D eigenvalue weighted by Gasteiger charge is 2.20. The van der Waals surface area contributed by atoms with E-state index in [0.29, 0.717) is 47.4 Å². The number of hydrogen-bond acceptors (Lipinski definition) is 8. The maximum Gasteiger partial charge on any atom is 0.233 e. The van der Waals surface area contributed by atoms with Crippen molar-refractivity contribution in [3.8, 4) is 5.69 Å². The number of amides is 1. The number of carbonyl (C=O) groups excluding carboxylic acids is 1. The van der Waals surface area contributed by atoms with Crippen molar-refractivity contribution in [1.29, 1.82) is 0 Å².